The van der Waals surface area contributed by atoms with E-state index in [-0.39, 0.29) is 26.9 Å². The molecule has 0 bridgehead atoms. The summed E-state index contributed by atoms with van der Waals surface area (Å²) in [5, 5.41) is 11.3. The number of benzene rings is 2. The molecule has 0 radical (unpaired) electrons. The molecular weight excluding hydrogens is 417 g/mol. The molecule has 2 aromatic carbocycles. The molecule has 0 aliphatic heterocycles. The van der Waals surface area contributed by atoms with E-state index < -0.39 is 31.4 Å². The van der Waals surface area contributed by atoms with Crippen molar-refractivity contribution in [1.82, 2.24) is 4.90 Å². The largest absolute Gasteiger partial charge is 0.345 e. The zero-order chi connectivity index (χ0) is 20.5. The van der Waals surface area contributed by atoms with Crippen molar-refractivity contribution in [1.29, 1.82) is 0 Å². The van der Waals surface area contributed by atoms with Gasteiger partial charge in [-0.1, -0.05) is 23.2 Å². The highest BCUT2D eigenvalue weighted by atomic mass is 35.5. The molecule has 0 unspecified atom stereocenters. The lowest BCUT2D eigenvalue weighted by Gasteiger charge is -2.16. The zero-order valence-electron chi connectivity index (χ0n) is 14.5. The van der Waals surface area contributed by atoms with Crippen LogP contribution in [0.3, 0.4) is 0 Å². The Hall–Kier alpha value is -2.36. The van der Waals surface area contributed by atoms with Crippen molar-refractivity contribution < 1.29 is 18.1 Å². The Morgan fingerprint density at radius 3 is 2.37 bits per heavy atom. The van der Waals surface area contributed by atoms with Gasteiger partial charge in [0, 0.05) is 30.7 Å². The van der Waals surface area contributed by atoms with E-state index in [1.54, 1.807) is 0 Å². The van der Waals surface area contributed by atoms with E-state index in [0.29, 0.717) is 0 Å². The van der Waals surface area contributed by atoms with Gasteiger partial charge in [-0.25, -0.2) is 8.42 Å². The summed E-state index contributed by atoms with van der Waals surface area (Å²) in [6.45, 7) is 1.41. The molecule has 0 aliphatic carbocycles. The van der Waals surface area contributed by atoms with Gasteiger partial charge in [-0.05, 0) is 31.2 Å². The quantitative estimate of drug-likeness (QED) is 0.572. The van der Waals surface area contributed by atoms with Crippen LogP contribution in [0.15, 0.2) is 35.2 Å². The highest BCUT2D eigenvalue weighted by Gasteiger charge is 2.24. The van der Waals surface area contributed by atoms with E-state index in [1.165, 1.54) is 44.1 Å². The normalized spacial score (nSPS) is 11.1. The van der Waals surface area contributed by atoms with Crippen LogP contribution in [0.5, 0.6) is 0 Å². The fourth-order valence-electron chi connectivity index (χ4n) is 2.22. The Balaban J connectivity index is 2.57. The van der Waals surface area contributed by atoms with E-state index >= 15 is 0 Å². The van der Waals surface area contributed by atoms with Gasteiger partial charge in [0.1, 0.15) is 0 Å². The Bertz CT molecular complexity index is 1040. The van der Waals surface area contributed by atoms with Crippen LogP contribution in [0.1, 0.15) is 15.9 Å². The molecule has 0 atom stereocenters. The summed E-state index contributed by atoms with van der Waals surface area (Å²) in [4.78, 5) is 23.6. The molecule has 0 aromatic heterocycles. The van der Waals surface area contributed by atoms with Crippen LogP contribution in [-0.2, 0) is 10.0 Å². The third-order valence-electron chi connectivity index (χ3n) is 3.66. The van der Waals surface area contributed by atoms with E-state index in [1.807, 2.05) is 0 Å². The molecule has 1 amide bonds. The number of nitro groups is 1. The van der Waals surface area contributed by atoms with E-state index in [0.717, 1.165) is 12.1 Å². The average molecular weight is 432 g/mol. The van der Waals surface area contributed by atoms with E-state index in [2.05, 4.69) is 4.72 Å². The zero-order valence-corrected chi connectivity index (χ0v) is 16.8. The molecule has 0 saturated carbocycles. The highest BCUT2D eigenvalue weighted by Crippen LogP contribution is 2.31. The Labute approximate surface area is 165 Å². The second-order valence-corrected chi connectivity index (χ2v) is 8.33. The highest BCUT2D eigenvalue weighted by molar-refractivity contribution is 7.92. The van der Waals surface area contributed by atoms with Crippen LogP contribution in [0.2, 0.25) is 10.0 Å². The lowest BCUT2D eigenvalue weighted by atomic mass is 10.1. The molecule has 1 N–H and O–H groups in total. The van der Waals surface area contributed by atoms with Crippen LogP contribution in [0.4, 0.5) is 11.4 Å². The van der Waals surface area contributed by atoms with Gasteiger partial charge in [-0.3, -0.25) is 19.6 Å². The molecule has 11 heteroatoms. The van der Waals surface area contributed by atoms with Gasteiger partial charge < -0.3 is 4.90 Å². The van der Waals surface area contributed by atoms with Crippen molar-refractivity contribution in [2.24, 2.45) is 0 Å². The van der Waals surface area contributed by atoms with Crippen LogP contribution >= 0.6 is 23.2 Å². The number of hydrogen-bond acceptors (Lipinski definition) is 5. The van der Waals surface area contributed by atoms with Gasteiger partial charge in [0.2, 0.25) is 0 Å². The van der Waals surface area contributed by atoms with Crippen molar-refractivity contribution in [2.75, 3.05) is 18.8 Å². The summed E-state index contributed by atoms with van der Waals surface area (Å²) in [5.41, 5.74) is -0.272. The first-order valence-electron chi connectivity index (χ1n) is 7.42. The number of nitrogens with one attached hydrogen (secondary N) is 1. The van der Waals surface area contributed by atoms with Crippen LogP contribution in [-0.4, -0.2) is 38.2 Å². The van der Waals surface area contributed by atoms with Crippen LogP contribution in [0.25, 0.3) is 0 Å². The fourth-order valence-corrected chi connectivity index (χ4v) is 3.78. The van der Waals surface area contributed by atoms with Gasteiger partial charge >= 0.3 is 0 Å². The second kappa shape index (κ2) is 7.71. The van der Waals surface area contributed by atoms with Crippen molar-refractivity contribution in [3.63, 3.8) is 0 Å². The number of amides is 1. The van der Waals surface area contributed by atoms with Gasteiger partial charge in [0.05, 0.1) is 26.1 Å². The van der Waals surface area contributed by atoms with Crippen LogP contribution in [0, 0.1) is 17.0 Å². The monoisotopic (exact) mass is 431 g/mol. The predicted octanol–water partition coefficient (Wildman–Crippen LogP) is 3.71. The van der Waals surface area contributed by atoms with Gasteiger partial charge in [-0.2, -0.15) is 0 Å². The molecule has 144 valence electrons. The number of anilines is 1. The summed E-state index contributed by atoms with van der Waals surface area (Å²) < 4.78 is 27.7. The number of rotatable bonds is 5. The fraction of sp³-hybridized carbons (Fsp3) is 0.188. The standard InChI is InChI=1S/C16H15Cl2N3O5S/c1-9-13(18)7-11(8-15(9)21(23)24)27(25,26)19-14-6-10(17)4-5-12(14)16(22)20(2)3/h4-8,19H,1-3H3. The number of hydrogen-bond donors (Lipinski definition) is 1. The predicted molar refractivity (Wildman–Crippen MR) is 103 cm³/mol. The molecule has 0 heterocycles. The smallest absolute Gasteiger partial charge is 0.275 e. The minimum atomic E-state index is -4.28. The molecule has 2 rings (SSSR count). The summed E-state index contributed by atoms with van der Waals surface area (Å²) in [7, 11) is -1.25. The first kappa shape index (κ1) is 20.9. The van der Waals surface area contributed by atoms with Crippen LogP contribution < -0.4 is 4.72 Å². The van der Waals surface area contributed by atoms with Gasteiger partial charge in [0.25, 0.3) is 21.6 Å². The summed E-state index contributed by atoms with van der Waals surface area (Å²) in [5.74, 6) is -0.447. The first-order chi connectivity index (χ1) is 12.4. The Morgan fingerprint density at radius 1 is 1.19 bits per heavy atom. The number of halogens is 2. The topological polar surface area (TPSA) is 110 Å². The van der Waals surface area contributed by atoms with Gasteiger partial charge in [0.15, 0.2) is 0 Å². The number of carbonyl (C=O) groups excluding carboxylic acids is 1. The molecule has 0 aliphatic rings. The lowest BCUT2D eigenvalue weighted by Crippen LogP contribution is -2.24. The second-order valence-electron chi connectivity index (χ2n) is 5.80. The minimum Gasteiger partial charge on any atom is -0.345 e. The lowest BCUT2D eigenvalue weighted by molar-refractivity contribution is -0.385. The van der Waals surface area contributed by atoms with E-state index in [4.69, 9.17) is 23.2 Å². The molecule has 27 heavy (non-hydrogen) atoms. The SMILES string of the molecule is Cc1c(Cl)cc(S(=O)(=O)Nc2cc(Cl)ccc2C(=O)N(C)C)cc1[N+](=O)[O-]. The average Bonchev–Trinajstić information content (AvgIpc) is 2.55. The number of sulfonamides is 1. The molecular formula is C16H15Cl2N3O5S. The maximum Gasteiger partial charge on any atom is 0.275 e. The van der Waals surface area contributed by atoms with Gasteiger partial charge in [-0.15, -0.1) is 0 Å². The third kappa shape index (κ3) is 4.49. The molecule has 0 saturated heterocycles. The molecule has 8 nitrogen and oxygen atoms in total. The Kier molecular flexibility index (Phi) is 5.98. The maximum atomic E-state index is 12.7. The number of nitro benzene ring substituents is 1. The first-order valence-corrected chi connectivity index (χ1v) is 9.66. The third-order valence-corrected chi connectivity index (χ3v) is 5.63. The van der Waals surface area contributed by atoms with Crippen molar-refractivity contribution >= 4 is 50.5 Å². The summed E-state index contributed by atoms with van der Waals surface area (Å²) in [6.07, 6.45) is 0. The number of carbonyl (C=O) groups is 1. The maximum absolute atomic E-state index is 12.7. The molecule has 0 fully saturated rings. The Morgan fingerprint density at radius 2 is 1.81 bits per heavy atom. The van der Waals surface area contributed by atoms with Crippen molar-refractivity contribution in [3.05, 3.63) is 61.6 Å². The van der Waals surface area contributed by atoms with E-state index in [9.17, 15) is 23.3 Å². The number of nitrogens with zero attached hydrogens (tertiary/aromatic N) is 2. The van der Waals surface area contributed by atoms with Crippen molar-refractivity contribution in [2.45, 2.75) is 11.8 Å². The minimum absolute atomic E-state index is 0.0550. The summed E-state index contributed by atoms with van der Waals surface area (Å²) >= 11 is 11.9. The molecule has 0 spiro atoms. The summed E-state index contributed by atoms with van der Waals surface area (Å²) in [6, 6.07) is 6.11. The van der Waals surface area contributed by atoms with Crippen molar-refractivity contribution in [3.8, 4) is 0 Å². The molecule has 2 aromatic rings.